The summed E-state index contributed by atoms with van der Waals surface area (Å²) in [6.45, 7) is 3.86. The van der Waals surface area contributed by atoms with Gasteiger partial charge in [-0.15, -0.1) is 0 Å². The molecule has 1 fully saturated rings. The van der Waals surface area contributed by atoms with Crippen LogP contribution in [0.2, 0.25) is 0 Å². The molecule has 0 spiro atoms. The number of benzene rings is 2. The second-order valence-corrected chi connectivity index (χ2v) is 8.13. The Labute approximate surface area is 171 Å². The summed E-state index contributed by atoms with van der Waals surface area (Å²) in [6, 6.07) is 16.2. The second kappa shape index (κ2) is 7.48. The molecule has 0 bridgehead atoms. The van der Waals surface area contributed by atoms with E-state index in [9.17, 15) is 4.79 Å². The van der Waals surface area contributed by atoms with Gasteiger partial charge in [0.1, 0.15) is 5.82 Å². The number of piperazine rings is 1. The van der Waals surface area contributed by atoms with Crippen molar-refractivity contribution < 1.29 is 4.79 Å². The summed E-state index contributed by atoms with van der Waals surface area (Å²) in [5.74, 6) is 0.813. The molecule has 0 atom stereocenters. The lowest BCUT2D eigenvalue weighted by atomic mass is 10.1. The first-order valence-electron chi connectivity index (χ1n) is 10.4. The third-order valence-corrected chi connectivity index (χ3v) is 6.13. The Balaban J connectivity index is 1.48. The molecular weight excluding hydrogens is 360 g/mol. The molecule has 1 amide bonds. The molecule has 5 nitrogen and oxygen atoms in total. The van der Waals surface area contributed by atoms with Crippen molar-refractivity contribution in [2.24, 2.45) is 0 Å². The fourth-order valence-electron chi connectivity index (χ4n) is 4.39. The summed E-state index contributed by atoms with van der Waals surface area (Å²) < 4.78 is 0. The van der Waals surface area contributed by atoms with Crippen molar-refractivity contribution in [1.29, 1.82) is 0 Å². The van der Waals surface area contributed by atoms with Crippen LogP contribution in [0.3, 0.4) is 0 Å². The average Bonchev–Trinajstić information content (AvgIpc) is 3.21. The molecular formula is C24H26N4O. The molecule has 1 aromatic heterocycles. The Morgan fingerprint density at radius 1 is 0.966 bits per heavy atom. The van der Waals surface area contributed by atoms with E-state index in [4.69, 9.17) is 4.98 Å². The van der Waals surface area contributed by atoms with E-state index in [1.54, 1.807) is 0 Å². The quantitative estimate of drug-likeness (QED) is 0.745. The lowest BCUT2D eigenvalue weighted by Crippen LogP contribution is -2.44. The van der Waals surface area contributed by atoms with E-state index in [1.165, 1.54) is 17.5 Å². The maximum absolute atomic E-state index is 13.2. The van der Waals surface area contributed by atoms with E-state index < -0.39 is 0 Å². The molecule has 1 N–H and O–H groups in total. The molecule has 148 valence electrons. The zero-order valence-corrected chi connectivity index (χ0v) is 16.8. The Morgan fingerprint density at radius 2 is 1.76 bits per heavy atom. The van der Waals surface area contributed by atoms with Gasteiger partial charge in [0.15, 0.2) is 0 Å². The first kappa shape index (κ1) is 18.1. The van der Waals surface area contributed by atoms with Crippen LogP contribution in [0.5, 0.6) is 0 Å². The number of nitrogens with zero attached hydrogens (tertiary/aromatic N) is 3. The molecule has 2 aromatic carbocycles. The van der Waals surface area contributed by atoms with Gasteiger partial charge in [-0.05, 0) is 61.7 Å². The largest absolute Gasteiger partial charge is 0.354 e. The Morgan fingerprint density at radius 3 is 2.62 bits per heavy atom. The number of hydrogen-bond donors (Lipinski definition) is 1. The highest BCUT2D eigenvalue weighted by Gasteiger charge is 2.20. The van der Waals surface area contributed by atoms with Gasteiger partial charge >= 0.3 is 0 Å². The molecule has 3 aromatic rings. The summed E-state index contributed by atoms with van der Waals surface area (Å²) in [7, 11) is 2.14. The van der Waals surface area contributed by atoms with Crippen LogP contribution in [-0.2, 0) is 12.8 Å². The molecule has 5 rings (SSSR count). The van der Waals surface area contributed by atoms with Crippen LogP contribution in [0.15, 0.2) is 48.5 Å². The fraction of sp³-hybridized carbons (Fsp3) is 0.333. The number of aromatic nitrogens is 1. The first-order valence-corrected chi connectivity index (χ1v) is 10.4. The lowest BCUT2D eigenvalue weighted by Gasteiger charge is -2.33. The van der Waals surface area contributed by atoms with E-state index in [2.05, 4.69) is 34.3 Å². The lowest BCUT2D eigenvalue weighted by molar-refractivity contribution is 0.102. The van der Waals surface area contributed by atoms with Crippen molar-refractivity contribution >= 4 is 28.3 Å². The summed E-state index contributed by atoms with van der Waals surface area (Å²) >= 11 is 0. The van der Waals surface area contributed by atoms with E-state index in [0.29, 0.717) is 5.56 Å². The van der Waals surface area contributed by atoms with Crippen molar-refractivity contribution in [2.75, 3.05) is 43.4 Å². The van der Waals surface area contributed by atoms with Crippen LogP contribution in [0, 0.1) is 0 Å². The van der Waals surface area contributed by atoms with Crippen molar-refractivity contribution in [3.8, 4) is 0 Å². The maximum atomic E-state index is 13.2. The number of anilines is 2. The zero-order chi connectivity index (χ0) is 19.8. The Bertz CT molecular complexity index is 1070. The zero-order valence-electron chi connectivity index (χ0n) is 16.8. The van der Waals surface area contributed by atoms with Crippen LogP contribution in [0.25, 0.3) is 10.9 Å². The first-order chi connectivity index (χ1) is 14.2. The minimum Gasteiger partial charge on any atom is -0.354 e. The SMILES string of the molecule is CN1CCN(c2cc(C(=O)Nc3ccc4c(c3)CCC4)c3ccccc3n2)CC1. The number of carbonyl (C=O) groups excluding carboxylic acids is 1. The number of rotatable bonds is 3. The second-order valence-electron chi connectivity index (χ2n) is 8.13. The highest BCUT2D eigenvalue weighted by molar-refractivity contribution is 6.13. The molecule has 5 heteroatoms. The minimum absolute atomic E-state index is 0.0723. The standard InChI is InChI=1S/C24H26N4O/c1-27-11-13-28(14-12-27)23-16-21(20-7-2-3-8-22(20)26-23)24(29)25-19-10-9-17-5-4-6-18(17)15-19/h2-3,7-10,15-16H,4-6,11-14H2,1H3,(H,25,29). The number of para-hydroxylation sites is 1. The number of aryl methyl sites for hydroxylation is 2. The van der Waals surface area contributed by atoms with Crippen LogP contribution < -0.4 is 10.2 Å². The van der Waals surface area contributed by atoms with Crippen LogP contribution in [0.4, 0.5) is 11.5 Å². The molecule has 0 saturated carbocycles. The summed E-state index contributed by atoms with van der Waals surface area (Å²) in [5.41, 5.74) is 5.20. The normalized spacial score (nSPS) is 16.8. The van der Waals surface area contributed by atoms with Gasteiger partial charge in [-0.25, -0.2) is 4.98 Å². The third kappa shape index (κ3) is 3.58. The van der Waals surface area contributed by atoms with E-state index in [1.807, 2.05) is 36.4 Å². The minimum atomic E-state index is -0.0723. The average molecular weight is 386 g/mol. The number of pyridine rings is 1. The van der Waals surface area contributed by atoms with Gasteiger partial charge in [0.2, 0.25) is 0 Å². The maximum Gasteiger partial charge on any atom is 0.256 e. The number of hydrogen-bond acceptors (Lipinski definition) is 4. The number of nitrogens with one attached hydrogen (secondary N) is 1. The highest BCUT2D eigenvalue weighted by atomic mass is 16.1. The Hall–Kier alpha value is -2.92. The van der Waals surface area contributed by atoms with Gasteiger partial charge in [0.05, 0.1) is 11.1 Å². The predicted molar refractivity (Wildman–Crippen MR) is 118 cm³/mol. The topological polar surface area (TPSA) is 48.5 Å². The molecule has 0 unspecified atom stereocenters. The molecule has 2 aliphatic rings. The monoisotopic (exact) mass is 386 g/mol. The summed E-state index contributed by atoms with van der Waals surface area (Å²) in [6.07, 6.45) is 3.45. The predicted octanol–water partition coefficient (Wildman–Crippen LogP) is 3.73. The van der Waals surface area contributed by atoms with E-state index in [-0.39, 0.29) is 5.91 Å². The summed E-state index contributed by atoms with van der Waals surface area (Å²) in [4.78, 5) is 22.7. The molecule has 2 heterocycles. The van der Waals surface area contributed by atoms with Crippen molar-refractivity contribution in [3.63, 3.8) is 0 Å². The van der Waals surface area contributed by atoms with Crippen LogP contribution >= 0.6 is 0 Å². The van der Waals surface area contributed by atoms with E-state index >= 15 is 0 Å². The highest BCUT2D eigenvalue weighted by Crippen LogP contribution is 2.27. The van der Waals surface area contributed by atoms with Crippen molar-refractivity contribution in [1.82, 2.24) is 9.88 Å². The van der Waals surface area contributed by atoms with E-state index in [0.717, 1.165) is 61.4 Å². The number of likely N-dealkylation sites (N-methyl/N-ethyl adjacent to an activating group) is 1. The van der Waals surface area contributed by atoms with Gasteiger partial charge in [0, 0.05) is 37.3 Å². The molecule has 0 radical (unpaired) electrons. The molecule has 29 heavy (non-hydrogen) atoms. The van der Waals surface area contributed by atoms with Crippen LogP contribution in [-0.4, -0.2) is 49.0 Å². The fourth-order valence-corrected chi connectivity index (χ4v) is 4.39. The third-order valence-electron chi connectivity index (χ3n) is 6.13. The van der Waals surface area contributed by atoms with Gasteiger partial charge in [-0.1, -0.05) is 24.3 Å². The summed E-state index contributed by atoms with van der Waals surface area (Å²) in [5, 5.41) is 4.02. The van der Waals surface area contributed by atoms with Gasteiger partial charge in [-0.2, -0.15) is 0 Å². The van der Waals surface area contributed by atoms with Gasteiger partial charge in [-0.3, -0.25) is 4.79 Å². The van der Waals surface area contributed by atoms with Gasteiger partial charge < -0.3 is 15.1 Å². The van der Waals surface area contributed by atoms with Crippen molar-refractivity contribution in [2.45, 2.75) is 19.3 Å². The molecule has 1 aliphatic heterocycles. The number of amides is 1. The molecule has 1 aliphatic carbocycles. The van der Waals surface area contributed by atoms with Crippen molar-refractivity contribution in [3.05, 3.63) is 65.2 Å². The smallest absolute Gasteiger partial charge is 0.256 e. The molecule has 1 saturated heterocycles. The van der Waals surface area contributed by atoms with Crippen LogP contribution in [0.1, 0.15) is 27.9 Å². The van der Waals surface area contributed by atoms with Gasteiger partial charge in [0.25, 0.3) is 5.91 Å². The number of carbonyl (C=O) groups is 1. The number of fused-ring (bicyclic) bond motifs is 2. The Kier molecular flexibility index (Phi) is 4.68.